The molecule has 1 N–H and O–H groups in total. The van der Waals surface area contributed by atoms with Crippen LogP contribution in [0.5, 0.6) is 0 Å². The van der Waals surface area contributed by atoms with E-state index in [-0.39, 0.29) is 11.7 Å². The first-order valence-electron chi connectivity index (χ1n) is 13.4. The highest BCUT2D eigenvalue weighted by Crippen LogP contribution is 2.33. The molecule has 9 heteroatoms. The summed E-state index contributed by atoms with van der Waals surface area (Å²) in [5, 5.41) is 0. The molecule has 1 fully saturated rings. The van der Waals surface area contributed by atoms with Crippen molar-refractivity contribution in [1.82, 2.24) is 19.5 Å². The number of hydrogen-bond donors (Lipinski definition) is 1. The molecule has 0 amide bonds. The second kappa shape index (κ2) is 11.0. The Morgan fingerprint density at radius 1 is 1.11 bits per heavy atom. The van der Waals surface area contributed by atoms with Crippen LogP contribution in [0.2, 0.25) is 0 Å². The zero-order valence-corrected chi connectivity index (χ0v) is 22.7. The minimum absolute atomic E-state index is 0.173. The van der Waals surface area contributed by atoms with Crippen molar-refractivity contribution in [2.75, 3.05) is 11.9 Å². The number of carbonyl (C=O) groups excluding carboxylic acids is 1. The summed E-state index contributed by atoms with van der Waals surface area (Å²) in [6, 6.07) is 4.67. The summed E-state index contributed by atoms with van der Waals surface area (Å²) in [4.78, 5) is 50.0. The van der Waals surface area contributed by atoms with Crippen LogP contribution in [0, 0.1) is 6.92 Å². The van der Waals surface area contributed by atoms with Crippen LogP contribution in [0.25, 0.3) is 22.6 Å². The number of benzene rings is 1. The number of carbonyl (C=O) groups is 1. The van der Waals surface area contributed by atoms with Gasteiger partial charge >= 0.3 is 11.7 Å². The van der Waals surface area contributed by atoms with Gasteiger partial charge in [0.05, 0.1) is 11.0 Å². The van der Waals surface area contributed by atoms with Gasteiger partial charge in [-0.3, -0.25) is 14.6 Å². The van der Waals surface area contributed by atoms with Gasteiger partial charge < -0.3 is 14.2 Å². The lowest BCUT2D eigenvalue weighted by Crippen LogP contribution is -2.30. The van der Waals surface area contributed by atoms with Crippen LogP contribution in [-0.4, -0.2) is 44.2 Å². The summed E-state index contributed by atoms with van der Waals surface area (Å²) in [7, 11) is 2.15. The predicted octanol–water partition coefficient (Wildman–Crippen LogP) is 4.56. The Kier molecular flexibility index (Phi) is 7.99. The normalized spacial score (nSPS) is 14.5. The number of H-pyrrole nitrogens is 1. The molecular weight excluding hydrogens is 470 g/mol. The highest BCUT2D eigenvalue weighted by atomic mass is 16.6. The van der Waals surface area contributed by atoms with E-state index in [2.05, 4.69) is 39.9 Å². The van der Waals surface area contributed by atoms with E-state index in [0.29, 0.717) is 30.3 Å². The van der Waals surface area contributed by atoms with Crippen molar-refractivity contribution in [1.29, 1.82) is 0 Å². The quantitative estimate of drug-likeness (QED) is 0.256. The minimum atomic E-state index is -0.667. The van der Waals surface area contributed by atoms with Gasteiger partial charge in [0.25, 0.3) is 5.56 Å². The van der Waals surface area contributed by atoms with Crippen molar-refractivity contribution >= 4 is 22.7 Å². The maximum atomic E-state index is 12.6. The number of ether oxygens (including phenoxy) is 1. The van der Waals surface area contributed by atoms with Crippen LogP contribution in [0.15, 0.2) is 21.7 Å². The minimum Gasteiger partial charge on any atom is -0.460 e. The molecule has 0 unspecified atom stereocenters. The zero-order valence-electron chi connectivity index (χ0n) is 22.7. The van der Waals surface area contributed by atoms with Crippen LogP contribution in [0.4, 0.5) is 5.69 Å². The van der Waals surface area contributed by atoms with E-state index < -0.39 is 16.9 Å². The van der Waals surface area contributed by atoms with Gasteiger partial charge in [0.15, 0.2) is 11.5 Å². The Morgan fingerprint density at radius 2 is 1.81 bits per heavy atom. The van der Waals surface area contributed by atoms with E-state index in [1.807, 2.05) is 31.4 Å². The third kappa shape index (κ3) is 6.37. The molecule has 1 saturated carbocycles. The third-order valence-electron chi connectivity index (χ3n) is 7.11. The Bertz CT molecular complexity index is 1350. The van der Waals surface area contributed by atoms with Gasteiger partial charge in [0.2, 0.25) is 0 Å². The summed E-state index contributed by atoms with van der Waals surface area (Å²) in [5.41, 5.74) is 2.34. The first-order valence-corrected chi connectivity index (χ1v) is 13.4. The third-order valence-corrected chi connectivity index (χ3v) is 7.11. The molecule has 1 aliphatic carbocycles. The smallest absolute Gasteiger partial charge is 0.349 e. The summed E-state index contributed by atoms with van der Waals surface area (Å²) in [6.45, 7) is 8.28. The summed E-state index contributed by atoms with van der Waals surface area (Å²) in [5.74, 6) is 0.141. The average molecular weight is 510 g/mol. The van der Waals surface area contributed by atoms with Crippen molar-refractivity contribution in [2.24, 2.45) is 0 Å². The lowest BCUT2D eigenvalue weighted by atomic mass is 10.1. The number of nitrogens with one attached hydrogen (secondary N) is 1. The fourth-order valence-electron chi connectivity index (χ4n) is 5.31. The van der Waals surface area contributed by atoms with E-state index >= 15 is 0 Å². The number of unbranched alkanes of at least 4 members (excludes halogenated alkanes) is 3. The molecule has 200 valence electrons. The van der Waals surface area contributed by atoms with Gasteiger partial charge in [-0.15, -0.1) is 0 Å². The standard InChI is InChI=1S/C28H39N5O4/c1-18-16-20-22(17-21(18)32(5)19-12-9-10-13-19)33(25-24(29-20)26(35)31-27(36)30-25)15-11-7-6-8-14-23(34)37-28(2,3)4/h16-17,19H,6-15H2,1-5H3,(H,31,35,36). The Hall–Kier alpha value is -3.23. The Morgan fingerprint density at radius 3 is 2.51 bits per heavy atom. The molecule has 0 aromatic heterocycles. The number of aromatic amines is 1. The number of hydrogen-bond acceptors (Lipinski definition) is 7. The molecule has 0 spiro atoms. The van der Waals surface area contributed by atoms with Gasteiger partial charge in [-0.1, -0.05) is 25.7 Å². The SMILES string of the molecule is Cc1cc2nc3c(=O)[nH]c(=O)nc-3n(CCCCCCC(=O)OC(C)(C)C)c2cc1N(C)C1CCCC1. The summed E-state index contributed by atoms with van der Waals surface area (Å²) >= 11 is 0. The van der Waals surface area contributed by atoms with Gasteiger partial charge in [-0.2, -0.15) is 4.98 Å². The van der Waals surface area contributed by atoms with Crippen molar-refractivity contribution < 1.29 is 9.53 Å². The Labute approximate surface area is 217 Å². The van der Waals surface area contributed by atoms with Crippen molar-refractivity contribution in [3.8, 4) is 11.5 Å². The van der Waals surface area contributed by atoms with E-state index in [0.717, 1.165) is 42.5 Å². The number of fused-ring (bicyclic) bond motifs is 2. The van der Waals surface area contributed by atoms with Crippen LogP contribution in [-0.2, 0) is 16.1 Å². The summed E-state index contributed by atoms with van der Waals surface area (Å²) < 4.78 is 7.35. The Balaban J connectivity index is 1.59. The molecular formula is C28H39N5O4. The molecule has 4 rings (SSSR count). The molecule has 0 radical (unpaired) electrons. The highest BCUT2D eigenvalue weighted by Gasteiger charge is 2.24. The topological polar surface area (TPSA) is 110 Å². The van der Waals surface area contributed by atoms with E-state index in [1.54, 1.807) is 0 Å². The van der Waals surface area contributed by atoms with E-state index in [9.17, 15) is 14.4 Å². The second-order valence-electron chi connectivity index (χ2n) is 11.2. The second-order valence-corrected chi connectivity index (χ2v) is 11.2. The molecule has 2 aliphatic heterocycles. The van der Waals surface area contributed by atoms with Gasteiger partial charge in [0, 0.05) is 31.7 Å². The molecule has 1 aromatic carbocycles. The number of aryl methyl sites for hydroxylation is 2. The average Bonchev–Trinajstić information content (AvgIpc) is 3.34. The maximum absolute atomic E-state index is 12.6. The molecule has 37 heavy (non-hydrogen) atoms. The van der Waals surface area contributed by atoms with Crippen LogP contribution < -0.4 is 16.1 Å². The maximum Gasteiger partial charge on any atom is 0.349 e. The predicted molar refractivity (Wildman–Crippen MR) is 145 cm³/mol. The molecule has 1 aromatic rings. The first-order chi connectivity index (χ1) is 17.5. The van der Waals surface area contributed by atoms with Gasteiger partial charge in [-0.25, -0.2) is 9.78 Å². The number of anilines is 1. The number of esters is 1. The van der Waals surface area contributed by atoms with Crippen LogP contribution in [0.1, 0.15) is 84.1 Å². The summed E-state index contributed by atoms with van der Waals surface area (Å²) in [6.07, 6.45) is 8.63. The number of nitrogens with zero attached hydrogens (tertiary/aromatic N) is 4. The highest BCUT2D eigenvalue weighted by molar-refractivity contribution is 5.84. The van der Waals surface area contributed by atoms with Crippen LogP contribution in [0.3, 0.4) is 0 Å². The lowest BCUT2D eigenvalue weighted by Gasteiger charge is -2.29. The lowest BCUT2D eigenvalue weighted by molar-refractivity contribution is -0.154. The molecule has 0 saturated heterocycles. The van der Waals surface area contributed by atoms with Crippen LogP contribution >= 0.6 is 0 Å². The molecule has 2 heterocycles. The molecule has 3 aliphatic rings. The van der Waals surface area contributed by atoms with Crippen molar-refractivity contribution in [2.45, 2.75) is 104 Å². The number of rotatable bonds is 9. The molecule has 0 atom stereocenters. The molecule has 0 bridgehead atoms. The molecule has 9 nitrogen and oxygen atoms in total. The van der Waals surface area contributed by atoms with Gasteiger partial charge in [0.1, 0.15) is 5.60 Å². The largest absolute Gasteiger partial charge is 0.460 e. The van der Waals surface area contributed by atoms with Gasteiger partial charge in [-0.05, 0) is 71.1 Å². The monoisotopic (exact) mass is 509 g/mol. The van der Waals surface area contributed by atoms with Crippen molar-refractivity contribution in [3.63, 3.8) is 0 Å². The van der Waals surface area contributed by atoms with E-state index in [1.165, 1.54) is 25.7 Å². The zero-order chi connectivity index (χ0) is 26.7. The van der Waals surface area contributed by atoms with Crippen molar-refractivity contribution in [3.05, 3.63) is 38.5 Å². The first kappa shape index (κ1) is 26.8. The number of aromatic nitrogens is 4. The fraction of sp³-hybridized carbons (Fsp3) is 0.607. The van der Waals surface area contributed by atoms with E-state index in [4.69, 9.17) is 4.74 Å². The fourth-order valence-corrected chi connectivity index (χ4v) is 5.31.